The molecular formula is C26H34N2O4. The molecule has 0 saturated carbocycles. The van der Waals surface area contributed by atoms with Crippen molar-refractivity contribution in [1.29, 1.82) is 0 Å². The zero-order valence-corrected chi connectivity index (χ0v) is 19.5. The van der Waals surface area contributed by atoms with E-state index in [0.29, 0.717) is 38.8 Å². The van der Waals surface area contributed by atoms with Gasteiger partial charge in [0.25, 0.3) is 0 Å². The maximum atomic E-state index is 12.9. The average molecular weight is 439 g/mol. The molecule has 2 amide bonds. The van der Waals surface area contributed by atoms with Crippen LogP contribution in [-0.4, -0.2) is 61.0 Å². The minimum absolute atomic E-state index is 0.0134. The van der Waals surface area contributed by atoms with Gasteiger partial charge in [-0.25, -0.2) is 0 Å². The molecular weight excluding hydrogens is 404 g/mol. The zero-order valence-electron chi connectivity index (χ0n) is 19.5. The van der Waals surface area contributed by atoms with Crippen molar-refractivity contribution in [2.24, 2.45) is 0 Å². The fraction of sp³-hybridized carbons (Fsp3) is 0.462. The van der Waals surface area contributed by atoms with Gasteiger partial charge >= 0.3 is 0 Å². The summed E-state index contributed by atoms with van der Waals surface area (Å²) in [6.45, 7) is 5.22. The van der Waals surface area contributed by atoms with Crippen LogP contribution in [-0.2, 0) is 22.4 Å². The summed E-state index contributed by atoms with van der Waals surface area (Å²) in [5, 5.41) is 0. The monoisotopic (exact) mass is 438 g/mol. The number of methoxy groups -OCH3 is 2. The van der Waals surface area contributed by atoms with Gasteiger partial charge in [-0.15, -0.1) is 0 Å². The number of benzene rings is 2. The molecule has 1 fully saturated rings. The number of rotatable bonds is 8. The average Bonchev–Trinajstić information content (AvgIpc) is 2.82. The van der Waals surface area contributed by atoms with Gasteiger partial charge in [-0.1, -0.05) is 24.3 Å². The maximum absolute atomic E-state index is 12.9. The van der Waals surface area contributed by atoms with E-state index in [9.17, 15) is 9.59 Å². The van der Waals surface area contributed by atoms with Crippen molar-refractivity contribution in [1.82, 2.24) is 9.80 Å². The molecule has 172 valence electrons. The van der Waals surface area contributed by atoms with Crippen LogP contribution < -0.4 is 9.47 Å². The number of ether oxygens (including phenoxy) is 2. The molecule has 2 aromatic rings. The fourth-order valence-corrected chi connectivity index (χ4v) is 4.20. The number of aryl methyl sites for hydroxylation is 2. The third kappa shape index (κ3) is 6.02. The van der Waals surface area contributed by atoms with Crippen molar-refractivity contribution >= 4 is 11.8 Å². The van der Waals surface area contributed by atoms with Crippen LogP contribution in [0.1, 0.15) is 37.8 Å². The van der Waals surface area contributed by atoms with Gasteiger partial charge in [-0.2, -0.15) is 0 Å². The molecule has 2 unspecified atom stereocenters. The van der Waals surface area contributed by atoms with Crippen LogP contribution in [0.2, 0.25) is 0 Å². The Labute approximate surface area is 191 Å². The Morgan fingerprint density at radius 3 is 1.38 bits per heavy atom. The van der Waals surface area contributed by atoms with E-state index >= 15 is 0 Å². The summed E-state index contributed by atoms with van der Waals surface area (Å²) in [7, 11) is 3.29. The summed E-state index contributed by atoms with van der Waals surface area (Å²) in [4.78, 5) is 29.6. The lowest BCUT2D eigenvalue weighted by molar-refractivity contribution is -0.145. The second-order valence-corrected chi connectivity index (χ2v) is 8.49. The highest BCUT2D eigenvalue weighted by Gasteiger charge is 2.33. The van der Waals surface area contributed by atoms with Gasteiger partial charge in [-0.3, -0.25) is 9.59 Å². The van der Waals surface area contributed by atoms with Crippen LogP contribution in [0.4, 0.5) is 0 Å². The quantitative estimate of drug-likeness (QED) is 0.630. The highest BCUT2D eigenvalue weighted by atomic mass is 16.5. The van der Waals surface area contributed by atoms with Gasteiger partial charge in [0.15, 0.2) is 0 Å². The van der Waals surface area contributed by atoms with E-state index in [4.69, 9.17) is 9.47 Å². The molecule has 6 heteroatoms. The number of piperazine rings is 1. The molecule has 2 aromatic carbocycles. The highest BCUT2D eigenvalue weighted by Crippen LogP contribution is 2.20. The van der Waals surface area contributed by atoms with E-state index in [-0.39, 0.29) is 23.9 Å². The predicted molar refractivity (Wildman–Crippen MR) is 125 cm³/mol. The van der Waals surface area contributed by atoms with E-state index in [1.54, 1.807) is 14.2 Å². The van der Waals surface area contributed by atoms with Crippen molar-refractivity contribution in [3.05, 3.63) is 59.7 Å². The van der Waals surface area contributed by atoms with E-state index < -0.39 is 0 Å². The molecule has 1 aliphatic rings. The molecule has 1 saturated heterocycles. The van der Waals surface area contributed by atoms with Crippen LogP contribution >= 0.6 is 0 Å². The van der Waals surface area contributed by atoms with Gasteiger partial charge in [0, 0.05) is 38.0 Å². The SMILES string of the molecule is COc1ccc(CCC(=O)N2CC(C)N(C(=O)CCc3ccc(OC)cc3)CC2C)cc1. The van der Waals surface area contributed by atoms with Crippen molar-refractivity contribution in [3.8, 4) is 11.5 Å². The minimum atomic E-state index is 0.0134. The summed E-state index contributed by atoms with van der Waals surface area (Å²) in [5.74, 6) is 1.92. The molecule has 0 aromatic heterocycles. The topological polar surface area (TPSA) is 59.1 Å². The normalized spacial score (nSPS) is 18.4. The van der Waals surface area contributed by atoms with Gasteiger partial charge in [0.2, 0.25) is 11.8 Å². The standard InChI is InChI=1S/C26H34N2O4/c1-19-17-28(26(30)16-10-22-7-13-24(32-4)14-8-22)20(2)18-27(19)25(29)15-9-21-5-11-23(31-3)12-6-21/h5-8,11-14,19-20H,9-10,15-18H2,1-4H3. The molecule has 0 bridgehead atoms. The van der Waals surface area contributed by atoms with Crippen LogP contribution in [0.3, 0.4) is 0 Å². The molecule has 1 aliphatic heterocycles. The van der Waals surface area contributed by atoms with Gasteiger partial charge in [0.05, 0.1) is 14.2 Å². The van der Waals surface area contributed by atoms with Gasteiger partial charge in [0.1, 0.15) is 11.5 Å². The first kappa shape index (κ1) is 23.6. The summed E-state index contributed by atoms with van der Waals surface area (Å²) in [6, 6.07) is 15.7. The third-order valence-corrected chi connectivity index (χ3v) is 6.20. The van der Waals surface area contributed by atoms with E-state index in [0.717, 1.165) is 22.6 Å². The molecule has 32 heavy (non-hydrogen) atoms. The predicted octanol–water partition coefficient (Wildman–Crippen LogP) is 3.72. The first-order valence-electron chi connectivity index (χ1n) is 11.3. The number of carbonyl (C=O) groups is 2. The number of nitrogens with zero attached hydrogens (tertiary/aromatic N) is 2. The summed E-state index contributed by atoms with van der Waals surface area (Å²) in [6.07, 6.45) is 2.33. The lowest BCUT2D eigenvalue weighted by Crippen LogP contribution is -2.59. The molecule has 0 spiro atoms. The van der Waals surface area contributed by atoms with Crippen LogP contribution in [0.15, 0.2) is 48.5 Å². The van der Waals surface area contributed by atoms with Crippen molar-refractivity contribution in [2.45, 2.75) is 51.6 Å². The highest BCUT2D eigenvalue weighted by molar-refractivity contribution is 5.79. The van der Waals surface area contributed by atoms with Gasteiger partial charge in [-0.05, 0) is 62.1 Å². The van der Waals surface area contributed by atoms with Gasteiger partial charge < -0.3 is 19.3 Å². The molecule has 1 heterocycles. The Bertz CT molecular complexity index is 820. The van der Waals surface area contributed by atoms with Crippen molar-refractivity contribution < 1.29 is 19.1 Å². The Kier molecular flexibility index (Phi) is 8.14. The molecule has 0 aliphatic carbocycles. The maximum Gasteiger partial charge on any atom is 0.223 e. The molecule has 6 nitrogen and oxygen atoms in total. The number of amides is 2. The lowest BCUT2D eigenvalue weighted by atomic mass is 10.0. The Morgan fingerprint density at radius 2 is 1.06 bits per heavy atom. The Hall–Kier alpha value is -3.02. The molecule has 0 N–H and O–H groups in total. The van der Waals surface area contributed by atoms with Crippen molar-refractivity contribution in [2.75, 3.05) is 27.3 Å². The Balaban J connectivity index is 1.49. The first-order valence-corrected chi connectivity index (χ1v) is 11.3. The van der Waals surface area contributed by atoms with E-state index in [1.807, 2.05) is 72.2 Å². The first-order chi connectivity index (χ1) is 15.4. The second-order valence-electron chi connectivity index (χ2n) is 8.49. The third-order valence-electron chi connectivity index (χ3n) is 6.20. The Morgan fingerprint density at radius 1 is 0.719 bits per heavy atom. The number of hydrogen-bond donors (Lipinski definition) is 0. The summed E-state index contributed by atoms with van der Waals surface area (Å²) >= 11 is 0. The van der Waals surface area contributed by atoms with E-state index in [2.05, 4.69) is 0 Å². The van der Waals surface area contributed by atoms with Crippen molar-refractivity contribution in [3.63, 3.8) is 0 Å². The van der Waals surface area contributed by atoms with E-state index in [1.165, 1.54) is 0 Å². The summed E-state index contributed by atoms with van der Waals surface area (Å²) < 4.78 is 10.4. The smallest absolute Gasteiger partial charge is 0.223 e. The molecule has 3 rings (SSSR count). The van der Waals surface area contributed by atoms with Crippen LogP contribution in [0, 0.1) is 0 Å². The minimum Gasteiger partial charge on any atom is -0.497 e. The fourth-order valence-electron chi connectivity index (χ4n) is 4.20. The lowest BCUT2D eigenvalue weighted by Gasteiger charge is -2.44. The van der Waals surface area contributed by atoms with Crippen LogP contribution in [0.25, 0.3) is 0 Å². The molecule has 2 atom stereocenters. The largest absolute Gasteiger partial charge is 0.497 e. The second kappa shape index (κ2) is 11.0. The molecule has 0 radical (unpaired) electrons. The zero-order chi connectivity index (χ0) is 23.1. The number of hydrogen-bond acceptors (Lipinski definition) is 4. The number of carbonyl (C=O) groups excluding carboxylic acids is 2. The van der Waals surface area contributed by atoms with Crippen LogP contribution in [0.5, 0.6) is 11.5 Å². The summed E-state index contributed by atoms with van der Waals surface area (Å²) in [5.41, 5.74) is 2.24.